The van der Waals surface area contributed by atoms with E-state index in [9.17, 15) is 9.59 Å². The molecule has 3 rings (SSSR count). The summed E-state index contributed by atoms with van der Waals surface area (Å²) in [4.78, 5) is 26.9. The lowest BCUT2D eigenvalue weighted by molar-refractivity contribution is -0.120. The minimum atomic E-state index is -0.412. The first-order chi connectivity index (χ1) is 14.6. The normalized spacial score (nSPS) is 12.7. The number of benzene rings is 2. The Balaban J connectivity index is 1.57. The molecule has 2 amide bonds. The van der Waals surface area contributed by atoms with Gasteiger partial charge in [0.15, 0.2) is 11.5 Å². The molecular formula is C23H29N3O4. The number of aryl methyl sites for hydroxylation is 1. The van der Waals surface area contributed by atoms with Crippen LogP contribution in [0.2, 0.25) is 0 Å². The predicted molar refractivity (Wildman–Crippen MR) is 116 cm³/mol. The van der Waals surface area contributed by atoms with Crippen molar-refractivity contribution in [2.24, 2.45) is 0 Å². The summed E-state index contributed by atoms with van der Waals surface area (Å²) in [7, 11) is 0. The van der Waals surface area contributed by atoms with Crippen LogP contribution in [0.3, 0.4) is 0 Å². The molecule has 2 N–H and O–H groups in total. The molecule has 0 bridgehead atoms. The van der Waals surface area contributed by atoms with Crippen molar-refractivity contribution in [3.63, 3.8) is 0 Å². The molecular weight excluding hydrogens is 382 g/mol. The van der Waals surface area contributed by atoms with Gasteiger partial charge in [-0.2, -0.15) is 0 Å². The second-order valence-corrected chi connectivity index (χ2v) is 7.10. The standard InChI is InChI=1S/C23H29N3O4/c1-3-14-30-20-12-11-18(15-21(20)29-4-2)23(28)25-24-22(27)16-26-13-7-9-17-8-5-6-10-19(17)26/h5-6,8,10-12,15H,3-4,7,9,13-14,16H2,1-2H3,(H,24,27)(H,25,28). The number of anilines is 1. The zero-order valence-corrected chi connectivity index (χ0v) is 17.6. The van der Waals surface area contributed by atoms with Crippen molar-refractivity contribution in [1.29, 1.82) is 0 Å². The van der Waals surface area contributed by atoms with E-state index in [1.807, 2.05) is 36.9 Å². The van der Waals surface area contributed by atoms with Crippen LogP contribution < -0.4 is 25.2 Å². The molecule has 160 valence electrons. The molecule has 0 aromatic heterocycles. The Morgan fingerprint density at radius 3 is 2.67 bits per heavy atom. The number of hydrazine groups is 1. The molecule has 0 saturated carbocycles. The van der Waals surface area contributed by atoms with Gasteiger partial charge >= 0.3 is 0 Å². The van der Waals surface area contributed by atoms with Crippen LogP contribution in [-0.4, -0.2) is 38.1 Å². The van der Waals surface area contributed by atoms with Crippen LogP contribution in [0, 0.1) is 0 Å². The first-order valence-electron chi connectivity index (χ1n) is 10.4. The molecule has 0 fully saturated rings. The lowest BCUT2D eigenvalue weighted by atomic mass is 10.0. The zero-order valence-electron chi connectivity index (χ0n) is 17.6. The first-order valence-corrected chi connectivity index (χ1v) is 10.4. The Kier molecular flexibility index (Phi) is 7.54. The fraction of sp³-hybridized carbons (Fsp3) is 0.391. The average molecular weight is 412 g/mol. The maximum Gasteiger partial charge on any atom is 0.269 e. The lowest BCUT2D eigenvalue weighted by Gasteiger charge is -2.30. The van der Waals surface area contributed by atoms with Gasteiger partial charge in [0, 0.05) is 17.8 Å². The molecule has 0 unspecified atom stereocenters. The lowest BCUT2D eigenvalue weighted by Crippen LogP contribution is -2.47. The number of nitrogens with zero attached hydrogens (tertiary/aromatic N) is 1. The first kappa shape index (κ1) is 21.5. The van der Waals surface area contributed by atoms with Crippen molar-refractivity contribution in [2.75, 3.05) is 31.2 Å². The smallest absolute Gasteiger partial charge is 0.269 e. The number of hydrogen-bond acceptors (Lipinski definition) is 5. The Morgan fingerprint density at radius 1 is 1.03 bits per heavy atom. The van der Waals surface area contributed by atoms with Crippen LogP contribution in [-0.2, 0) is 11.2 Å². The molecule has 0 spiro atoms. The van der Waals surface area contributed by atoms with E-state index in [0.29, 0.717) is 30.3 Å². The molecule has 0 aliphatic carbocycles. The highest BCUT2D eigenvalue weighted by Crippen LogP contribution is 2.29. The molecule has 1 aliphatic rings. The van der Waals surface area contributed by atoms with E-state index in [1.165, 1.54) is 5.56 Å². The third-order valence-electron chi connectivity index (χ3n) is 4.82. The Morgan fingerprint density at radius 2 is 1.87 bits per heavy atom. The van der Waals surface area contributed by atoms with E-state index < -0.39 is 5.91 Å². The van der Waals surface area contributed by atoms with Crippen molar-refractivity contribution >= 4 is 17.5 Å². The maximum atomic E-state index is 12.5. The summed E-state index contributed by atoms with van der Waals surface area (Å²) in [5.41, 5.74) is 7.69. The molecule has 2 aromatic carbocycles. The number of carbonyl (C=O) groups is 2. The van der Waals surface area contributed by atoms with E-state index in [4.69, 9.17) is 9.47 Å². The van der Waals surface area contributed by atoms with Gasteiger partial charge in [-0.05, 0) is 56.0 Å². The summed E-state index contributed by atoms with van der Waals surface area (Å²) in [6, 6.07) is 13.1. The largest absolute Gasteiger partial charge is 0.490 e. The fourth-order valence-electron chi connectivity index (χ4n) is 3.44. The summed E-state index contributed by atoms with van der Waals surface area (Å²) in [5.74, 6) is 0.427. The van der Waals surface area contributed by atoms with Crippen LogP contribution in [0.5, 0.6) is 11.5 Å². The monoisotopic (exact) mass is 411 g/mol. The second-order valence-electron chi connectivity index (χ2n) is 7.10. The number of carbonyl (C=O) groups excluding carboxylic acids is 2. The van der Waals surface area contributed by atoms with Gasteiger partial charge in [0.1, 0.15) is 0 Å². The summed E-state index contributed by atoms with van der Waals surface area (Å²) >= 11 is 0. The third kappa shape index (κ3) is 5.43. The molecule has 0 radical (unpaired) electrons. The number of para-hydroxylation sites is 1. The average Bonchev–Trinajstić information content (AvgIpc) is 2.77. The quantitative estimate of drug-likeness (QED) is 0.653. The van der Waals surface area contributed by atoms with E-state index in [-0.39, 0.29) is 12.5 Å². The Hall–Kier alpha value is -3.22. The number of fused-ring (bicyclic) bond motifs is 1. The predicted octanol–water partition coefficient (Wildman–Crippen LogP) is 3.09. The van der Waals surface area contributed by atoms with Crippen molar-refractivity contribution in [1.82, 2.24) is 10.9 Å². The second kappa shape index (κ2) is 10.5. The van der Waals surface area contributed by atoms with Gasteiger partial charge in [-0.1, -0.05) is 25.1 Å². The highest BCUT2D eigenvalue weighted by atomic mass is 16.5. The number of ether oxygens (including phenoxy) is 2. The van der Waals surface area contributed by atoms with Gasteiger partial charge in [-0.15, -0.1) is 0 Å². The van der Waals surface area contributed by atoms with Crippen molar-refractivity contribution in [3.05, 3.63) is 53.6 Å². The highest BCUT2D eigenvalue weighted by Gasteiger charge is 2.19. The number of hydrogen-bond donors (Lipinski definition) is 2. The van der Waals surface area contributed by atoms with E-state index in [1.54, 1.807) is 18.2 Å². The van der Waals surface area contributed by atoms with Crippen LogP contribution >= 0.6 is 0 Å². The van der Waals surface area contributed by atoms with Gasteiger partial charge in [-0.3, -0.25) is 20.4 Å². The number of rotatable bonds is 8. The van der Waals surface area contributed by atoms with Crippen molar-refractivity contribution in [2.45, 2.75) is 33.1 Å². The van der Waals surface area contributed by atoms with Crippen LogP contribution in [0.15, 0.2) is 42.5 Å². The van der Waals surface area contributed by atoms with Gasteiger partial charge in [0.05, 0.1) is 19.8 Å². The van der Waals surface area contributed by atoms with E-state index in [0.717, 1.165) is 31.5 Å². The van der Waals surface area contributed by atoms with E-state index in [2.05, 4.69) is 16.9 Å². The number of nitrogens with one attached hydrogen (secondary N) is 2. The molecule has 0 saturated heterocycles. The minimum absolute atomic E-state index is 0.186. The van der Waals surface area contributed by atoms with Gasteiger partial charge in [-0.25, -0.2) is 0 Å². The van der Waals surface area contributed by atoms with Crippen molar-refractivity contribution in [3.8, 4) is 11.5 Å². The summed E-state index contributed by atoms with van der Waals surface area (Å²) in [6.45, 7) is 5.92. The molecule has 1 aliphatic heterocycles. The van der Waals surface area contributed by atoms with Crippen LogP contribution in [0.1, 0.15) is 42.6 Å². The minimum Gasteiger partial charge on any atom is -0.490 e. The molecule has 7 nitrogen and oxygen atoms in total. The van der Waals surface area contributed by atoms with Gasteiger partial charge < -0.3 is 14.4 Å². The van der Waals surface area contributed by atoms with Gasteiger partial charge in [0.2, 0.25) is 0 Å². The maximum absolute atomic E-state index is 12.5. The molecule has 2 aromatic rings. The Bertz CT molecular complexity index is 885. The SMILES string of the molecule is CCCOc1ccc(C(=O)NNC(=O)CN2CCCc3ccccc32)cc1OCC. The molecule has 30 heavy (non-hydrogen) atoms. The Labute approximate surface area is 177 Å². The van der Waals surface area contributed by atoms with Crippen molar-refractivity contribution < 1.29 is 19.1 Å². The third-order valence-corrected chi connectivity index (χ3v) is 4.82. The summed E-state index contributed by atoms with van der Waals surface area (Å²) in [6.07, 6.45) is 2.90. The van der Waals surface area contributed by atoms with Gasteiger partial charge in [0.25, 0.3) is 11.8 Å². The molecule has 0 atom stereocenters. The highest BCUT2D eigenvalue weighted by molar-refractivity contribution is 5.96. The molecule has 7 heteroatoms. The summed E-state index contributed by atoms with van der Waals surface area (Å²) in [5, 5.41) is 0. The zero-order chi connectivity index (χ0) is 21.3. The molecule has 1 heterocycles. The van der Waals surface area contributed by atoms with Crippen LogP contribution in [0.4, 0.5) is 5.69 Å². The summed E-state index contributed by atoms with van der Waals surface area (Å²) < 4.78 is 11.2. The number of amides is 2. The topological polar surface area (TPSA) is 79.9 Å². The fourth-order valence-corrected chi connectivity index (χ4v) is 3.44. The van der Waals surface area contributed by atoms with E-state index >= 15 is 0 Å². The van der Waals surface area contributed by atoms with Crippen LogP contribution in [0.25, 0.3) is 0 Å².